The molecule has 0 spiro atoms. The van der Waals surface area contributed by atoms with Crippen LogP contribution in [0.1, 0.15) is 24.6 Å². The maximum absolute atomic E-state index is 12.0. The summed E-state index contributed by atoms with van der Waals surface area (Å²) in [5, 5.41) is 7.25. The first-order chi connectivity index (χ1) is 13.6. The van der Waals surface area contributed by atoms with Gasteiger partial charge in [-0.2, -0.15) is 0 Å². The molecule has 1 aromatic heterocycles. The second-order valence-corrected chi connectivity index (χ2v) is 7.01. The number of hydrogen-bond donors (Lipinski definition) is 2. The second-order valence-electron chi connectivity index (χ2n) is 7.01. The molecule has 0 amide bonds. The average Bonchev–Trinajstić information content (AvgIpc) is 2.77. The molecule has 1 heterocycles. The van der Waals surface area contributed by atoms with Crippen LogP contribution in [0.3, 0.4) is 0 Å². The minimum atomic E-state index is -0.472. The molecule has 5 heteroatoms. The van der Waals surface area contributed by atoms with Gasteiger partial charge in [0.25, 0.3) is 0 Å². The highest BCUT2D eigenvalue weighted by molar-refractivity contribution is 5.75. The highest BCUT2D eigenvalue weighted by atomic mass is 16.5. The Balaban J connectivity index is 1.77. The first kappa shape index (κ1) is 20.0. The van der Waals surface area contributed by atoms with E-state index in [2.05, 4.69) is 33.8 Å². The number of carbonyl (C=O) groups excluding carboxylic acids is 1. The Morgan fingerprint density at radius 1 is 1.14 bits per heavy atom. The molecule has 3 rings (SSSR count). The zero-order valence-corrected chi connectivity index (χ0v) is 16.4. The zero-order chi connectivity index (χ0) is 19.8. The highest BCUT2D eigenvalue weighted by Gasteiger charge is 2.32. The third-order valence-electron chi connectivity index (χ3n) is 5.05. The molecule has 2 aromatic rings. The number of rotatable bonds is 8. The van der Waals surface area contributed by atoms with Crippen molar-refractivity contribution in [3.05, 3.63) is 89.8 Å². The van der Waals surface area contributed by atoms with Crippen LogP contribution < -0.4 is 10.6 Å². The lowest BCUT2D eigenvalue weighted by Gasteiger charge is -2.37. The molecular formula is C23H27N3O2. The summed E-state index contributed by atoms with van der Waals surface area (Å²) < 4.78 is 4.94. The van der Waals surface area contributed by atoms with E-state index in [0.29, 0.717) is 19.5 Å². The summed E-state index contributed by atoms with van der Waals surface area (Å²) in [6, 6.07) is 16.2. The Morgan fingerprint density at radius 3 is 2.61 bits per heavy atom. The van der Waals surface area contributed by atoms with Crippen LogP contribution in [0.5, 0.6) is 0 Å². The summed E-state index contributed by atoms with van der Waals surface area (Å²) in [4.78, 5) is 16.4. The van der Waals surface area contributed by atoms with Crippen LogP contribution in [0, 0.1) is 5.92 Å². The topological polar surface area (TPSA) is 63.2 Å². The first-order valence-electron chi connectivity index (χ1n) is 9.52. The van der Waals surface area contributed by atoms with Gasteiger partial charge in [0.2, 0.25) is 0 Å². The van der Waals surface area contributed by atoms with Crippen LogP contribution in [0.25, 0.3) is 0 Å². The van der Waals surface area contributed by atoms with Crippen molar-refractivity contribution in [2.75, 3.05) is 7.11 Å². The fourth-order valence-electron chi connectivity index (χ4n) is 3.31. The van der Waals surface area contributed by atoms with Crippen LogP contribution in [0.2, 0.25) is 0 Å². The van der Waals surface area contributed by atoms with Gasteiger partial charge in [0.05, 0.1) is 24.4 Å². The summed E-state index contributed by atoms with van der Waals surface area (Å²) >= 11 is 0. The fourth-order valence-corrected chi connectivity index (χ4v) is 3.31. The summed E-state index contributed by atoms with van der Waals surface area (Å²) in [7, 11) is 1.43. The molecule has 2 N–H and O–H groups in total. The van der Waals surface area contributed by atoms with Gasteiger partial charge < -0.3 is 4.74 Å². The zero-order valence-electron chi connectivity index (χ0n) is 16.4. The van der Waals surface area contributed by atoms with Crippen molar-refractivity contribution in [2.45, 2.75) is 32.1 Å². The third-order valence-corrected chi connectivity index (χ3v) is 5.05. The maximum Gasteiger partial charge on any atom is 0.312 e. The molecule has 1 aromatic carbocycles. The number of allylic oxidation sites excluding steroid dienone is 2. The minimum absolute atomic E-state index is 0.219. The molecule has 28 heavy (non-hydrogen) atoms. The number of methoxy groups -OCH3 is 1. The summed E-state index contributed by atoms with van der Waals surface area (Å²) in [6.45, 7) is 3.21. The van der Waals surface area contributed by atoms with Crippen molar-refractivity contribution in [2.24, 2.45) is 5.92 Å². The van der Waals surface area contributed by atoms with E-state index in [4.69, 9.17) is 4.74 Å². The molecule has 5 nitrogen and oxygen atoms in total. The number of benzene rings is 1. The molecule has 0 aliphatic heterocycles. The van der Waals surface area contributed by atoms with Gasteiger partial charge in [0.15, 0.2) is 0 Å². The van der Waals surface area contributed by atoms with E-state index in [1.165, 1.54) is 12.7 Å². The molecule has 0 saturated heterocycles. The number of pyridine rings is 1. The third kappa shape index (κ3) is 5.15. The van der Waals surface area contributed by atoms with E-state index in [1.54, 1.807) is 6.20 Å². The molecule has 146 valence electrons. The van der Waals surface area contributed by atoms with Crippen LogP contribution in [-0.2, 0) is 22.6 Å². The number of nitrogens with zero attached hydrogens (tertiary/aromatic N) is 1. The number of nitrogens with one attached hydrogen (secondary N) is 2. The molecule has 2 unspecified atom stereocenters. The van der Waals surface area contributed by atoms with Gasteiger partial charge in [-0.1, -0.05) is 54.1 Å². The average molecular weight is 377 g/mol. The predicted octanol–water partition coefficient (Wildman–Crippen LogP) is 3.35. The maximum atomic E-state index is 12.0. The number of carbonyl (C=O) groups is 1. The standard InChI is InChI=1S/C23H27N3O2/c1-18(22(27)28-2)20-11-8-13-23(15-20,25-16-19-9-4-3-5-10-19)26-17-21-12-6-7-14-24-21/h3-14,18,25-26H,15-17H2,1-2H3. The fraction of sp³-hybridized carbons (Fsp3) is 0.304. The van der Waals surface area contributed by atoms with E-state index in [9.17, 15) is 4.79 Å². The highest BCUT2D eigenvalue weighted by Crippen LogP contribution is 2.28. The van der Waals surface area contributed by atoms with Gasteiger partial charge in [-0.25, -0.2) is 0 Å². The van der Waals surface area contributed by atoms with E-state index in [-0.39, 0.29) is 11.9 Å². The normalized spacial score (nSPS) is 19.7. The van der Waals surface area contributed by atoms with Gasteiger partial charge in [0, 0.05) is 25.7 Å². The molecule has 2 atom stereocenters. The van der Waals surface area contributed by atoms with Gasteiger partial charge in [-0.05, 0) is 30.7 Å². The monoisotopic (exact) mass is 377 g/mol. The van der Waals surface area contributed by atoms with Crippen molar-refractivity contribution < 1.29 is 9.53 Å². The largest absolute Gasteiger partial charge is 0.469 e. The summed E-state index contributed by atoms with van der Waals surface area (Å²) in [5.74, 6) is -0.507. The summed E-state index contributed by atoms with van der Waals surface area (Å²) in [6.07, 6.45) is 8.59. The Morgan fingerprint density at radius 2 is 1.89 bits per heavy atom. The van der Waals surface area contributed by atoms with Crippen LogP contribution >= 0.6 is 0 Å². The predicted molar refractivity (Wildman–Crippen MR) is 110 cm³/mol. The number of ether oxygens (including phenoxy) is 1. The van der Waals surface area contributed by atoms with Crippen LogP contribution in [-0.4, -0.2) is 23.7 Å². The van der Waals surface area contributed by atoms with Crippen molar-refractivity contribution in [3.63, 3.8) is 0 Å². The van der Waals surface area contributed by atoms with Crippen molar-refractivity contribution in [1.82, 2.24) is 15.6 Å². The van der Waals surface area contributed by atoms with Crippen LogP contribution in [0.15, 0.2) is 78.5 Å². The summed E-state index contributed by atoms with van der Waals surface area (Å²) in [5.41, 5.74) is 2.73. The quantitative estimate of drug-likeness (QED) is 0.546. The van der Waals surface area contributed by atoms with E-state index in [0.717, 1.165) is 11.3 Å². The number of esters is 1. The molecule has 1 aliphatic rings. The SMILES string of the molecule is COC(=O)C(C)C1=CC=CC(NCc2ccccc2)(NCc2ccccn2)C1. The van der Waals surface area contributed by atoms with E-state index >= 15 is 0 Å². The Kier molecular flexibility index (Phi) is 6.74. The van der Waals surface area contributed by atoms with E-state index in [1.807, 2.05) is 55.5 Å². The molecule has 1 aliphatic carbocycles. The number of hydrogen-bond acceptors (Lipinski definition) is 5. The Hall–Kier alpha value is -2.76. The Labute approximate surface area is 166 Å². The number of aromatic nitrogens is 1. The second kappa shape index (κ2) is 9.44. The van der Waals surface area contributed by atoms with Gasteiger partial charge in [-0.15, -0.1) is 0 Å². The Bertz CT molecular complexity index is 788. The lowest BCUT2D eigenvalue weighted by Crippen LogP contribution is -2.56. The lowest BCUT2D eigenvalue weighted by molar-refractivity contribution is -0.143. The molecule has 0 bridgehead atoms. The smallest absolute Gasteiger partial charge is 0.312 e. The molecule has 0 fully saturated rings. The van der Waals surface area contributed by atoms with Crippen LogP contribution in [0.4, 0.5) is 0 Å². The van der Waals surface area contributed by atoms with Gasteiger partial charge in [-0.3, -0.25) is 20.4 Å². The molecule has 0 radical (unpaired) electrons. The molecular weight excluding hydrogens is 350 g/mol. The molecule has 0 saturated carbocycles. The van der Waals surface area contributed by atoms with Crippen molar-refractivity contribution in [1.29, 1.82) is 0 Å². The minimum Gasteiger partial charge on any atom is -0.469 e. The van der Waals surface area contributed by atoms with Crippen molar-refractivity contribution in [3.8, 4) is 0 Å². The lowest BCUT2D eigenvalue weighted by atomic mass is 9.86. The first-order valence-corrected chi connectivity index (χ1v) is 9.52. The van der Waals surface area contributed by atoms with Crippen molar-refractivity contribution >= 4 is 5.97 Å². The van der Waals surface area contributed by atoms with Gasteiger partial charge in [0.1, 0.15) is 0 Å². The van der Waals surface area contributed by atoms with E-state index < -0.39 is 5.66 Å². The van der Waals surface area contributed by atoms with Gasteiger partial charge >= 0.3 is 5.97 Å².